The van der Waals surface area contributed by atoms with E-state index in [1.54, 1.807) is 0 Å². The van der Waals surface area contributed by atoms with Gasteiger partial charge in [-0.3, -0.25) is 0 Å². The Labute approximate surface area is 143 Å². The van der Waals surface area contributed by atoms with Crippen molar-refractivity contribution in [2.45, 2.75) is 84.0 Å². The van der Waals surface area contributed by atoms with Crippen LogP contribution in [-0.4, -0.2) is 42.4 Å². The van der Waals surface area contributed by atoms with Crippen molar-refractivity contribution in [3.63, 3.8) is 0 Å². The predicted octanol–water partition coefficient (Wildman–Crippen LogP) is 1.51. The Hall–Kier alpha value is 0.400. The third-order valence-corrected chi connectivity index (χ3v) is 5.08. The van der Waals surface area contributed by atoms with Gasteiger partial charge in [0, 0.05) is 12.8 Å². The molecule has 1 N–H and O–H groups in total. The van der Waals surface area contributed by atoms with Crippen LogP contribution in [0.2, 0.25) is 0 Å². The molecule has 0 unspecified atom stereocenters. The van der Waals surface area contributed by atoms with Gasteiger partial charge in [-0.25, -0.2) is 0 Å². The standard InChI is InChI=1S/C18H38NO.BrH/c1-2-3-4-5-6-7-8-9-10-11-14-19(17-18-20)15-12-13-16-19;/h20H,2-18H2,1H3;1H/q+1;/p-1. The molecule has 0 aromatic heterocycles. The monoisotopic (exact) mass is 363 g/mol. The van der Waals surface area contributed by atoms with Crippen LogP contribution in [0.4, 0.5) is 0 Å². The minimum atomic E-state index is 0. The fourth-order valence-electron chi connectivity index (χ4n) is 3.71. The van der Waals surface area contributed by atoms with Crippen molar-refractivity contribution < 1.29 is 26.6 Å². The summed E-state index contributed by atoms with van der Waals surface area (Å²) in [7, 11) is 0. The van der Waals surface area contributed by atoms with Crippen molar-refractivity contribution in [2.24, 2.45) is 0 Å². The third kappa shape index (κ3) is 9.91. The van der Waals surface area contributed by atoms with E-state index >= 15 is 0 Å². The van der Waals surface area contributed by atoms with Gasteiger partial charge in [0.2, 0.25) is 0 Å². The number of hydrogen-bond donors (Lipinski definition) is 1. The Morgan fingerprint density at radius 3 is 1.67 bits per heavy atom. The first-order valence-corrected chi connectivity index (χ1v) is 9.29. The maximum absolute atomic E-state index is 9.24. The SMILES string of the molecule is CCCCCCCCCCCC[N+]1(CCO)CCCC1.[Br-]. The lowest BCUT2D eigenvalue weighted by Gasteiger charge is -2.33. The molecule has 0 atom stereocenters. The molecule has 1 saturated heterocycles. The van der Waals surface area contributed by atoms with Crippen LogP contribution in [0.3, 0.4) is 0 Å². The molecule has 0 aromatic rings. The second-order valence-electron chi connectivity index (χ2n) is 6.85. The van der Waals surface area contributed by atoms with E-state index in [2.05, 4.69) is 6.92 Å². The zero-order chi connectivity index (χ0) is 14.5. The highest BCUT2D eigenvalue weighted by Gasteiger charge is 2.30. The molecule has 0 aromatic carbocycles. The molecule has 3 heteroatoms. The fraction of sp³-hybridized carbons (Fsp3) is 1.00. The second kappa shape index (κ2) is 14.0. The van der Waals surface area contributed by atoms with E-state index in [0.717, 1.165) is 6.54 Å². The minimum Gasteiger partial charge on any atom is -1.00 e. The van der Waals surface area contributed by atoms with Crippen molar-refractivity contribution in [2.75, 3.05) is 32.8 Å². The highest BCUT2D eigenvalue weighted by atomic mass is 79.9. The quantitative estimate of drug-likeness (QED) is 0.388. The maximum Gasteiger partial charge on any atom is 0.102 e. The number of quaternary nitrogens is 1. The Morgan fingerprint density at radius 1 is 0.714 bits per heavy atom. The van der Waals surface area contributed by atoms with Crippen LogP contribution in [0.5, 0.6) is 0 Å². The molecule has 0 spiro atoms. The van der Waals surface area contributed by atoms with Crippen LogP contribution in [0.25, 0.3) is 0 Å². The number of nitrogens with zero attached hydrogens (tertiary/aromatic N) is 1. The molecule has 128 valence electrons. The minimum absolute atomic E-state index is 0. The van der Waals surface area contributed by atoms with Gasteiger partial charge in [0.25, 0.3) is 0 Å². The summed E-state index contributed by atoms with van der Waals surface area (Å²) >= 11 is 0. The van der Waals surface area contributed by atoms with Gasteiger partial charge >= 0.3 is 0 Å². The first kappa shape index (κ1) is 21.4. The molecule has 1 aliphatic heterocycles. The van der Waals surface area contributed by atoms with Gasteiger partial charge in [-0.2, -0.15) is 0 Å². The van der Waals surface area contributed by atoms with Crippen LogP contribution in [0, 0.1) is 0 Å². The largest absolute Gasteiger partial charge is 1.00 e. The van der Waals surface area contributed by atoms with Gasteiger partial charge in [-0.1, -0.05) is 58.3 Å². The Balaban J connectivity index is 0.00000400. The number of rotatable bonds is 13. The third-order valence-electron chi connectivity index (χ3n) is 5.08. The highest BCUT2D eigenvalue weighted by Crippen LogP contribution is 2.20. The molecule has 1 aliphatic rings. The Kier molecular flexibility index (Phi) is 14.3. The lowest BCUT2D eigenvalue weighted by Crippen LogP contribution is -3.00. The number of aliphatic hydroxyl groups excluding tert-OH is 1. The van der Waals surface area contributed by atoms with Crippen LogP contribution in [-0.2, 0) is 0 Å². The predicted molar refractivity (Wildman–Crippen MR) is 87.9 cm³/mol. The van der Waals surface area contributed by atoms with Gasteiger partial charge in [0.15, 0.2) is 0 Å². The molecule has 1 heterocycles. The molecule has 1 rings (SSSR count). The van der Waals surface area contributed by atoms with Crippen LogP contribution in [0.15, 0.2) is 0 Å². The summed E-state index contributed by atoms with van der Waals surface area (Å²) in [5.41, 5.74) is 0. The average Bonchev–Trinajstić information content (AvgIpc) is 2.90. The fourth-order valence-corrected chi connectivity index (χ4v) is 3.71. The molecule has 21 heavy (non-hydrogen) atoms. The van der Waals surface area contributed by atoms with Gasteiger partial charge in [-0.15, -0.1) is 0 Å². The van der Waals surface area contributed by atoms with E-state index in [9.17, 15) is 5.11 Å². The summed E-state index contributed by atoms with van der Waals surface area (Å²) in [6, 6.07) is 0. The first-order valence-electron chi connectivity index (χ1n) is 9.29. The van der Waals surface area contributed by atoms with Crippen molar-refractivity contribution in [1.29, 1.82) is 0 Å². The first-order chi connectivity index (χ1) is 9.83. The maximum atomic E-state index is 9.24. The molecule has 0 bridgehead atoms. The lowest BCUT2D eigenvalue weighted by atomic mass is 10.1. The van der Waals surface area contributed by atoms with E-state index in [4.69, 9.17) is 0 Å². The van der Waals surface area contributed by atoms with Crippen molar-refractivity contribution in [3.05, 3.63) is 0 Å². The van der Waals surface area contributed by atoms with Crippen LogP contribution < -0.4 is 17.0 Å². The number of unbranched alkanes of at least 4 members (excludes halogenated alkanes) is 9. The Morgan fingerprint density at radius 2 is 1.19 bits per heavy atom. The van der Waals surface area contributed by atoms with E-state index in [1.165, 1.54) is 101 Å². The number of halogens is 1. The van der Waals surface area contributed by atoms with Gasteiger partial charge in [-0.05, 0) is 12.8 Å². The molecule has 0 radical (unpaired) electrons. The normalized spacial score (nSPS) is 16.9. The van der Waals surface area contributed by atoms with E-state index < -0.39 is 0 Å². The molecule has 2 nitrogen and oxygen atoms in total. The summed E-state index contributed by atoms with van der Waals surface area (Å²) in [5.74, 6) is 0. The topological polar surface area (TPSA) is 20.2 Å². The van der Waals surface area contributed by atoms with E-state index in [1.807, 2.05) is 0 Å². The van der Waals surface area contributed by atoms with Crippen LogP contribution >= 0.6 is 0 Å². The average molecular weight is 364 g/mol. The van der Waals surface area contributed by atoms with E-state index in [-0.39, 0.29) is 17.0 Å². The number of likely N-dealkylation sites (tertiary alicyclic amines) is 1. The van der Waals surface area contributed by atoms with Crippen molar-refractivity contribution in [3.8, 4) is 0 Å². The number of aliphatic hydroxyl groups is 1. The number of hydrogen-bond acceptors (Lipinski definition) is 1. The van der Waals surface area contributed by atoms with Crippen molar-refractivity contribution >= 4 is 0 Å². The smallest absolute Gasteiger partial charge is 0.102 e. The summed E-state index contributed by atoms with van der Waals surface area (Å²) in [6.45, 7) is 7.61. The highest BCUT2D eigenvalue weighted by molar-refractivity contribution is 4.56. The van der Waals surface area contributed by atoms with Crippen LogP contribution in [0.1, 0.15) is 84.0 Å². The summed E-state index contributed by atoms with van der Waals surface area (Å²) < 4.78 is 1.22. The Bertz CT molecular complexity index is 217. The summed E-state index contributed by atoms with van der Waals surface area (Å²) in [6.07, 6.45) is 16.9. The van der Waals surface area contributed by atoms with Crippen molar-refractivity contribution in [1.82, 2.24) is 0 Å². The molecule has 0 aliphatic carbocycles. The molecular weight excluding hydrogens is 326 g/mol. The lowest BCUT2D eigenvalue weighted by molar-refractivity contribution is -0.917. The van der Waals surface area contributed by atoms with Gasteiger partial charge in [0.05, 0.1) is 26.2 Å². The van der Waals surface area contributed by atoms with Gasteiger partial charge in [0.1, 0.15) is 6.54 Å². The molecule has 0 amide bonds. The molecular formula is C18H38BrNO. The van der Waals surface area contributed by atoms with E-state index in [0.29, 0.717) is 6.61 Å². The molecule has 0 saturated carbocycles. The summed E-state index contributed by atoms with van der Waals surface area (Å²) in [5, 5.41) is 9.24. The summed E-state index contributed by atoms with van der Waals surface area (Å²) in [4.78, 5) is 0. The second-order valence-corrected chi connectivity index (χ2v) is 6.85. The van der Waals surface area contributed by atoms with Gasteiger partial charge < -0.3 is 26.6 Å². The molecule has 1 fully saturated rings. The zero-order valence-electron chi connectivity index (χ0n) is 14.3. The zero-order valence-corrected chi connectivity index (χ0v) is 15.9.